The van der Waals surface area contributed by atoms with E-state index in [-0.39, 0.29) is 24.3 Å². The number of carboxylic acid groups (broad SMARTS) is 1. The first-order valence-corrected chi connectivity index (χ1v) is 8.59. The van der Waals surface area contributed by atoms with Crippen LogP contribution in [0.15, 0.2) is 24.3 Å². The molecule has 1 aromatic rings. The molecule has 1 saturated heterocycles. The van der Waals surface area contributed by atoms with E-state index in [0.29, 0.717) is 5.92 Å². The highest BCUT2D eigenvalue weighted by atomic mass is 32.2. The minimum atomic E-state index is -3.22. The molecule has 0 bridgehead atoms. The number of sulfone groups is 1. The van der Waals surface area contributed by atoms with Crippen LogP contribution in [0, 0.1) is 5.41 Å². The Balaban J connectivity index is 2.24. The first-order valence-electron chi connectivity index (χ1n) is 6.77. The molecule has 1 aromatic carbocycles. The van der Waals surface area contributed by atoms with Gasteiger partial charge in [-0.2, -0.15) is 0 Å². The van der Waals surface area contributed by atoms with Crippen LogP contribution < -0.4 is 0 Å². The van der Waals surface area contributed by atoms with Gasteiger partial charge in [-0.1, -0.05) is 38.1 Å². The molecule has 1 aliphatic heterocycles. The molecular weight excluding hydrogens is 276 g/mol. The summed E-state index contributed by atoms with van der Waals surface area (Å²) in [5, 5.41) is 9.44. The molecule has 1 heterocycles. The van der Waals surface area contributed by atoms with Gasteiger partial charge in [0.1, 0.15) is 0 Å². The SMILES string of the molecule is CC(C)c1ccc(CC2(C(=O)O)CCS(=O)(=O)C2)cc1. The van der Waals surface area contributed by atoms with Gasteiger partial charge in [-0.3, -0.25) is 4.79 Å². The fourth-order valence-electron chi connectivity index (χ4n) is 2.71. The number of aliphatic carboxylic acids is 1. The van der Waals surface area contributed by atoms with Gasteiger partial charge in [-0.15, -0.1) is 0 Å². The van der Waals surface area contributed by atoms with Crippen LogP contribution in [0.4, 0.5) is 0 Å². The summed E-state index contributed by atoms with van der Waals surface area (Å²) in [6.07, 6.45) is 0.483. The average Bonchev–Trinajstić information content (AvgIpc) is 2.67. The minimum absolute atomic E-state index is 0.0244. The molecule has 1 N–H and O–H groups in total. The minimum Gasteiger partial charge on any atom is -0.481 e. The third-order valence-corrected chi connectivity index (χ3v) is 5.85. The highest BCUT2D eigenvalue weighted by molar-refractivity contribution is 7.91. The first-order chi connectivity index (χ1) is 9.24. The summed E-state index contributed by atoms with van der Waals surface area (Å²) in [6, 6.07) is 7.79. The fraction of sp³-hybridized carbons (Fsp3) is 0.533. The van der Waals surface area contributed by atoms with E-state index in [0.717, 1.165) is 5.56 Å². The van der Waals surface area contributed by atoms with E-state index in [2.05, 4.69) is 13.8 Å². The van der Waals surface area contributed by atoms with Gasteiger partial charge in [0.05, 0.1) is 16.9 Å². The molecule has 1 atom stereocenters. The van der Waals surface area contributed by atoms with Gasteiger partial charge in [-0.05, 0) is 29.9 Å². The molecule has 2 rings (SSSR count). The normalized spacial score (nSPS) is 24.9. The van der Waals surface area contributed by atoms with E-state index in [1.807, 2.05) is 24.3 Å². The maximum Gasteiger partial charge on any atom is 0.311 e. The van der Waals surface area contributed by atoms with Gasteiger partial charge in [0.25, 0.3) is 0 Å². The van der Waals surface area contributed by atoms with E-state index in [9.17, 15) is 18.3 Å². The van der Waals surface area contributed by atoms with Crippen molar-refractivity contribution in [3.63, 3.8) is 0 Å². The second kappa shape index (κ2) is 5.20. The number of hydrogen-bond acceptors (Lipinski definition) is 3. The van der Waals surface area contributed by atoms with Crippen LogP contribution in [0.5, 0.6) is 0 Å². The standard InChI is InChI=1S/C15H20O4S/c1-11(2)13-5-3-12(4-6-13)9-15(14(16)17)7-8-20(18,19)10-15/h3-6,11H,7-10H2,1-2H3,(H,16,17). The van der Waals surface area contributed by atoms with Crippen LogP contribution in [-0.4, -0.2) is 31.0 Å². The van der Waals surface area contributed by atoms with E-state index >= 15 is 0 Å². The summed E-state index contributed by atoms with van der Waals surface area (Å²) in [4.78, 5) is 11.5. The van der Waals surface area contributed by atoms with Gasteiger partial charge in [0, 0.05) is 0 Å². The third-order valence-electron chi connectivity index (χ3n) is 4.03. The molecule has 5 heteroatoms. The Morgan fingerprint density at radius 3 is 2.30 bits per heavy atom. The van der Waals surface area contributed by atoms with Crippen molar-refractivity contribution in [1.29, 1.82) is 0 Å². The highest BCUT2D eigenvalue weighted by Crippen LogP contribution is 2.36. The summed E-state index contributed by atoms with van der Waals surface area (Å²) < 4.78 is 23.2. The molecule has 0 saturated carbocycles. The summed E-state index contributed by atoms with van der Waals surface area (Å²) in [5.41, 5.74) is 0.920. The maximum atomic E-state index is 11.6. The molecule has 4 nitrogen and oxygen atoms in total. The Morgan fingerprint density at radius 2 is 1.90 bits per heavy atom. The summed E-state index contributed by atoms with van der Waals surface area (Å²) in [7, 11) is -3.22. The zero-order valence-corrected chi connectivity index (χ0v) is 12.6. The predicted octanol–water partition coefficient (Wildman–Crippen LogP) is 2.24. The molecule has 0 spiro atoms. The van der Waals surface area contributed by atoms with Crippen LogP contribution in [0.1, 0.15) is 37.3 Å². The second-order valence-corrected chi connectivity index (χ2v) is 8.18. The lowest BCUT2D eigenvalue weighted by molar-refractivity contribution is -0.147. The summed E-state index contributed by atoms with van der Waals surface area (Å²) in [5.74, 6) is -0.860. The van der Waals surface area contributed by atoms with Gasteiger partial charge in [-0.25, -0.2) is 8.42 Å². The predicted molar refractivity (Wildman–Crippen MR) is 77.6 cm³/mol. The Morgan fingerprint density at radius 1 is 1.30 bits per heavy atom. The van der Waals surface area contributed by atoms with E-state index in [1.54, 1.807) is 0 Å². The lowest BCUT2D eigenvalue weighted by atomic mass is 9.81. The topological polar surface area (TPSA) is 71.4 Å². The van der Waals surface area contributed by atoms with Gasteiger partial charge < -0.3 is 5.11 Å². The number of rotatable bonds is 4. The van der Waals surface area contributed by atoms with Crippen LogP contribution >= 0.6 is 0 Å². The Labute approximate surface area is 119 Å². The fourth-order valence-corrected chi connectivity index (χ4v) is 4.77. The van der Waals surface area contributed by atoms with Crippen molar-refractivity contribution in [3.05, 3.63) is 35.4 Å². The molecule has 0 radical (unpaired) electrons. The second-order valence-electron chi connectivity index (χ2n) is 6.00. The number of carbonyl (C=O) groups is 1. The molecule has 110 valence electrons. The molecule has 0 aromatic heterocycles. The van der Waals surface area contributed by atoms with Crippen molar-refractivity contribution in [3.8, 4) is 0 Å². The van der Waals surface area contributed by atoms with Crippen LogP contribution in [0.25, 0.3) is 0 Å². The number of carboxylic acids is 1. The molecule has 1 fully saturated rings. The molecule has 1 aliphatic rings. The van der Waals surface area contributed by atoms with Gasteiger partial charge >= 0.3 is 5.97 Å². The quantitative estimate of drug-likeness (QED) is 0.925. The van der Waals surface area contributed by atoms with Crippen molar-refractivity contribution in [1.82, 2.24) is 0 Å². The van der Waals surface area contributed by atoms with Crippen LogP contribution in [-0.2, 0) is 21.1 Å². The van der Waals surface area contributed by atoms with Gasteiger partial charge in [0.2, 0.25) is 0 Å². The highest BCUT2D eigenvalue weighted by Gasteiger charge is 2.48. The lowest BCUT2D eigenvalue weighted by Gasteiger charge is -2.22. The molecule has 0 amide bonds. The summed E-state index contributed by atoms with van der Waals surface area (Å²) in [6.45, 7) is 4.19. The van der Waals surface area contributed by atoms with Crippen molar-refractivity contribution in [2.24, 2.45) is 5.41 Å². The molecule has 20 heavy (non-hydrogen) atoms. The maximum absolute atomic E-state index is 11.6. The van der Waals surface area contributed by atoms with Crippen LogP contribution in [0.3, 0.4) is 0 Å². The Bertz CT molecular complexity index is 601. The van der Waals surface area contributed by atoms with Crippen molar-refractivity contribution in [2.75, 3.05) is 11.5 Å². The van der Waals surface area contributed by atoms with Crippen molar-refractivity contribution in [2.45, 2.75) is 32.6 Å². The largest absolute Gasteiger partial charge is 0.481 e. The smallest absolute Gasteiger partial charge is 0.311 e. The van der Waals surface area contributed by atoms with Crippen LogP contribution in [0.2, 0.25) is 0 Å². The number of benzene rings is 1. The monoisotopic (exact) mass is 296 g/mol. The lowest BCUT2D eigenvalue weighted by Crippen LogP contribution is -2.34. The summed E-state index contributed by atoms with van der Waals surface area (Å²) >= 11 is 0. The van der Waals surface area contributed by atoms with E-state index in [4.69, 9.17) is 0 Å². The van der Waals surface area contributed by atoms with Crippen molar-refractivity contribution >= 4 is 15.8 Å². The zero-order valence-electron chi connectivity index (χ0n) is 11.8. The Hall–Kier alpha value is -1.36. The van der Waals surface area contributed by atoms with Gasteiger partial charge in [0.15, 0.2) is 9.84 Å². The van der Waals surface area contributed by atoms with E-state index < -0.39 is 21.2 Å². The average molecular weight is 296 g/mol. The Kier molecular flexibility index (Phi) is 3.91. The number of hydrogen-bond donors (Lipinski definition) is 1. The molecule has 0 aliphatic carbocycles. The first kappa shape index (κ1) is 15.0. The zero-order chi connectivity index (χ0) is 15.0. The molecular formula is C15H20O4S. The third kappa shape index (κ3) is 3.03. The van der Waals surface area contributed by atoms with E-state index in [1.165, 1.54) is 5.56 Å². The molecule has 1 unspecified atom stereocenters. The van der Waals surface area contributed by atoms with Crippen molar-refractivity contribution < 1.29 is 18.3 Å².